The molecule has 5 nitrogen and oxygen atoms in total. The minimum atomic E-state index is -1.01. The zero-order chi connectivity index (χ0) is 11.1. The van der Waals surface area contributed by atoms with Crippen LogP contribution in [0.25, 0.3) is 0 Å². The zero-order valence-electron chi connectivity index (χ0n) is 8.88. The topological polar surface area (TPSA) is 62.4 Å². The normalized spacial score (nSPS) is 26.0. The van der Waals surface area contributed by atoms with E-state index in [0.717, 1.165) is 6.54 Å². The van der Waals surface area contributed by atoms with Gasteiger partial charge in [-0.05, 0) is 13.0 Å². The van der Waals surface area contributed by atoms with Gasteiger partial charge in [-0.1, -0.05) is 0 Å². The maximum Gasteiger partial charge on any atom is 0.315 e. The lowest BCUT2D eigenvalue weighted by Gasteiger charge is -2.27. The van der Waals surface area contributed by atoms with Crippen molar-refractivity contribution >= 4 is 6.03 Å². The van der Waals surface area contributed by atoms with E-state index in [1.54, 1.807) is 7.11 Å². The summed E-state index contributed by atoms with van der Waals surface area (Å²) < 4.78 is 18.0. The van der Waals surface area contributed by atoms with Gasteiger partial charge in [-0.3, -0.25) is 0 Å². The highest BCUT2D eigenvalue weighted by Gasteiger charge is 2.25. The number of methoxy groups -OCH3 is 1. The fourth-order valence-corrected chi connectivity index (χ4v) is 1.47. The molecule has 88 valence electrons. The lowest BCUT2D eigenvalue weighted by molar-refractivity contribution is 0.182. The number of nitrogens with one attached hydrogen (secondary N) is 3. The van der Waals surface area contributed by atoms with Crippen molar-refractivity contribution in [3.8, 4) is 0 Å². The molecule has 1 aliphatic heterocycles. The second-order valence-corrected chi connectivity index (χ2v) is 3.51. The van der Waals surface area contributed by atoms with Crippen molar-refractivity contribution < 1.29 is 13.9 Å². The van der Waals surface area contributed by atoms with E-state index in [4.69, 9.17) is 4.74 Å². The molecule has 1 saturated heterocycles. The lowest BCUT2D eigenvalue weighted by Crippen LogP contribution is -2.53. The van der Waals surface area contributed by atoms with Crippen LogP contribution in [0.3, 0.4) is 0 Å². The Labute approximate surface area is 88.7 Å². The van der Waals surface area contributed by atoms with E-state index >= 15 is 0 Å². The maximum atomic E-state index is 13.3. The van der Waals surface area contributed by atoms with Gasteiger partial charge in [0.2, 0.25) is 0 Å². The fraction of sp³-hybridized carbons (Fsp3) is 0.889. The SMILES string of the molecule is COCCNC(=O)NC1CCNCC1F. The van der Waals surface area contributed by atoms with Crippen LogP contribution in [0.4, 0.5) is 9.18 Å². The van der Waals surface area contributed by atoms with E-state index in [9.17, 15) is 9.18 Å². The third-order valence-corrected chi connectivity index (χ3v) is 2.32. The molecule has 0 bridgehead atoms. The molecule has 0 radical (unpaired) electrons. The highest BCUT2D eigenvalue weighted by molar-refractivity contribution is 5.74. The average Bonchev–Trinajstić information content (AvgIpc) is 2.22. The molecule has 1 aliphatic rings. The molecule has 1 heterocycles. The Hall–Kier alpha value is -0.880. The van der Waals surface area contributed by atoms with Gasteiger partial charge in [-0.2, -0.15) is 0 Å². The van der Waals surface area contributed by atoms with E-state index in [0.29, 0.717) is 26.1 Å². The van der Waals surface area contributed by atoms with E-state index in [1.807, 2.05) is 0 Å². The van der Waals surface area contributed by atoms with Gasteiger partial charge in [0.15, 0.2) is 0 Å². The predicted molar refractivity (Wildman–Crippen MR) is 54.6 cm³/mol. The number of carbonyl (C=O) groups excluding carboxylic acids is 1. The van der Waals surface area contributed by atoms with Crippen LogP contribution in [0.15, 0.2) is 0 Å². The van der Waals surface area contributed by atoms with Crippen LogP contribution >= 0.6 is 0 Å². The molecule has 2 atom stereocenters. The third-order valence-electron chi connectivity index (χ3n) is 2.32. The van der Waals surface area contributed by atoms with Crippen molar-refractivity contribution in [2.75, 3.05) is 33.4 Å². The molecule has 0 aromatic rings. The van der Waals surface area contributed by atoms with Gasteiger partial charge in [0.05, 0.1) is 12.6 Å². The second-order valence-electron chi connectivity index (χ2n) is 3.51. The van der Waals surface area contributed by atoms with Crippen LogP contribution in [0.5, 0.6) is 0 Å². The first-order chi connectivity index (χ1) is 7.24. The Morgan fingerprint density at radius 3 is 3.13 bits per heavy atom. The number of rotatable bonds is 4. The molecule has 0 aliphatic carbocycles. The van der Waals surface area contributed by atoms with Crippen molar-refractivity contribution in [1.29, 1.82) is 0 Å². The Balaban J connectivity index is 2.18. The molecule has 1 fully saturated rings. The summed E-state index contributed by atoms with van der Waals surface area (Å²) in [6.07, 6.45) is -0.384. The number of hydrogen-bond donors (Lipinski definition) is 3. The lowest BCUT2D eigenvalue weighted by atomic mass is 10.1. The molecule has 1 rings (SSSR count). The quantitative estimate of drug-likeness (QED) is 0.565. The zero-order valence-corrected chi connectivity index (χ0v) is 8.88. The number of ether oxygens (including phenoxy) is 1. The van der Waals surface area contributed by atoms with Gasteiger partial charge < -0.3 is 20.7 Å². The third kappa shape index (κ3) is 4.44. The Morgan fingerprint density at radius 1 is 1.67 bits per heavy atom. The summed E-state index contributed by atoms with van der Waals surface area (Å²) in [6, 6.07) is -0.713. The average molecular weight is 219 g/mol. The first-order valence-corrected chi connectivity index (χ1v) is 5.12. The van der Waals surface area contributed by atoms with Crippen LogP contribution in [0.1, 0.15) is 6.42 Å². The highest BCUT2D eigenvalue weighted by atomic mass is 19.1. The molecule has 2 amide bonds. The number of halogens is 1. The minimum Gasteiger partial charge on any atom is -0.383 e. The van der Waals surface area contributed by atoms with Gasteiger partial charge in [0, 0.05) is 20.2 Å². The highest BCUT2D eigenvalue weighted by Crippen LogP contribution is 2.06. The van der Waals surface area contributed by atoms with Gasteiger partial charge in [-0.15, -0.1) is 0 Å². The molecule has 0 spiro atoms. The first-order valence-electron chi connectivity index (χ1n) is 5.12. The van der Waals surface area contributed by atoms with Crippen LogP contribution in [0, 0.1) is 0 Å². The summed E-state index contributed by atoms with van der Waals surface area (Å²) in [5, 5.41) is 8.12. The maximum absolute atomic E-state index is 13.3. The first kappa shape index (κ1) is 12.2. The summed E-state index contributed by atoms with van der Waals surface area (Å²) in [6.45, 7) is 1.94. The Morgan fingerprint density at radius 2 is 2.47 bits per heavy atom. The standard InChI is InChI=1S/C9H18FN3O2/c1-15-5-4-12-9(14)13-8-2-3-11-6-7(8)10/h7-8,11H,2-6H2,1H3,(H2,12,13,14). The van der Waals surface area contributed by atoms with Gasteiger partial charge >= 0.3 is 6.03 Å². The summed E-state index contributed by atoms with van der Waals surface area (Å²) in [5.41, 5.74) is 0. The summed E-state index contributed by atoms with van der Waals surface area (Å²) in [5.74, 6) is 0. The van der Waals surface area contributed by atoms with E-state index in [2.05, 4.69) is 16.0 Å². The van der Waals surface area contributed by atoms with Crippen LogP contribution < -0.4 is 16.0 Å². The molecular weight excluding hydrogens is 201 g/mol. The molecule has 6 heteroatoms. The van der Waals surface area contributed by atoms with Gasteiger partial charge in [0.25, 0.3) is 0 Å². The summed E-state index contributed by atoms with van der Waals surface area (Å²) in [7, 11) is 1.56. The number of carbonyl (C=O) groups is 1. The fourth-order valence-electron chi connectivity index (χ4n) is 1.47. The number of alkyl halides is 1. The smallest absolute Gasteiger partial charge is 0.315 e. The largest absolute Gasteiger partial charge is 0.383 e. The van der Waals surface area contributed by atoms with Gasteiger partial charge in [-0.25, -0.2) is 9.18 Å². The number of amides is 2. The van der Waals surface area contributed by atoms with Crippen LogP contribution in [-0.4, -0.2) is 51.6 Å². The minimum absolute atomic E-state index is 0.309. The molecule has 2 unspecified atom stereocenters. The number of urea groups is 1. The monoisotopic (exact) mass is 219 g/mol. The Bertz CT molecular complexity index is 204. The molecule has 3 N–H and O–H groups in total. The molecule has 15 heavy (non-hydrogen) atoms. The number of hydrogen-bond acceptors (Lipinski definition) is 3. The van der Waals surface area contributed by atoms with E-state index < -0.39 is 6.17 Å². The van der Waals surface area contributed by atoms with Crippen molar-refractivity contribution in [3.05, 3.63) is 0 Å². The van der Waals surface area contributed by atoms with E-state index in [-0.39, 0.29) is 12.1 Å². The molecule has 0 aromatic heterocycles. The van der Waals surface area contributed by atoms with Crippen LogP contribution in [-0.2, 0) is 4.74 Å². The van der Waals surface area contributed by atoms with Crippen molar-refractivity contribution in [2.24, 2.45) is 0 Å². The Kier molecular flexibility index (Phi) is 5.34. The van der Waals surface area contributed by atoms with Crippen molar-refractivity contribution in [1.82, 2.24) is 16.0 Å². The molecule has 0 aromatic carbocycles. The number of piperidine rings is 1. The van der Waals surface area contributed by atoms with Crippen LogP contribution in [0.2, 0.25) is 0 Å². The summed E-state index contributed by atoms with van der Waals surface area (Å²) >= 11 is 0. The summed E-state index contributed by atoms with van der Waals surface area (Å²) in [4.78, 5) is 11.3. The predicted octanol–water partition coefficient (Wildman–Crippen LogP) is -0.368. The van der Waals surface area contributed by atoms with Crippen molar-refractivity contribution in [3.63, 3.8) is 0 Å². The second kappa shape index (κ2) is 6.58. The van der Waals surface area contributed by atoms with E-state index in [1.165, 1.54) is 0 Å². The molecule has 0 saturated carbocycles. The van der Waals surface area contributed by atoms with Gasteiger partial charge in [0.1, 0.15) is 6.17 Å². The van der Waals surface area contributed by atoms with Crippen molar-refractivity contribution in [2.45, 2.75) is 18.6 Å². The molecular formula is C9H18FN3O2.